The molecule has 0 aliphatic carbocycles. The van der Waals surface area contributed by atoms with Gasteiger partial charge in [-0.2, -0.15) is 0 Å². The summed E-state index contributed by atoms with van der Waals surface area (Å²) in [5.74, 6) is 0.833. The molecule has 0 spiro atoms. The zero-order chi connectivity index (χ0) is 11.7. The van der Waals surface area contributed by atoms with Crippen LogP contribution in [0.4, 0.5) is 0 Å². The molecule has 0 radical (unpaired) electrons. The van der Waals surface area contributed by atoms with Gasteiger partial charge in [-0.25, -0.2) is 0 Å². The molecule has 1 aliphatic rings. The quantitative estimate of drug-likeness (QED) is 0.654. The van der Waals surface area contributed by atoms with E-state index in [4.69, 9.17) is 9.84 Å². The zero-order valence-corrected chi connectivity index (χ0v) is 10.7. The molecule has 0 saturated carbocycles. The summed E-state index contributed by atoms with van der Waals surface area (Å²) in [6.45, 7) is 6.56. The Morgan fingerprint density at radius 1 is 1.53 bits per heavy atom. The van der Waals surface area contributed by atoms with Crippen molar-refractivity contribution >= 4 is 12.8 Å². The highest BCUT2D eigenvalue weighted by molar-refractivity contribution is 7.78. The Bertz CT molecular complexity index is 167. The summed E-state index contributed by atoms with van der Waals surface area (Å²) in [7, 11) is 0. The Labute approximate surface area is 98.4 Å². The first-order valence-corrected chi connectivity index (χ1v) is 5.87. The molecule has 0 aromatic carbocycles. The molecule has 0 fully saturated rings. The van der Waals surface area contributed by atoms with E-state index in [2.05, 4.69) is 38.3 Å². The van der Waals surface area contributed by atoms with Crippen molar-refractivity contribution in [1.29, 1.82) is 0 Å². The first-order valence-electron chi connectivity index (χ1n) is 5.42. The van der Waals surface area contributed by atoms with E-state index in [1.165, 1.54) is 0 Å². The highest BCUT2D eigenvalue weighted by atomic mass is 32.1. The molecule has 0 aromatic heterocycles. The Morgan fingerprint density at radius 2 is 2.13 bits per heavy atom. The third-order valence-electron chi connectivity index (χ3n) is 1.78. The Balaban J connectivity index is 0.000000423. The first-order chi connectivity index (χ1) is 7.11. The number of rotatable bonds is 3. The second-order valence-electron chi connectivity index (χ2n) is 4.27. The monoisotopic (exact) mass is 233 g/mol. The number of aliphatic hydroxyl groups excluding tert-OH is 1. The van der Waals surface area contributed by atoms with Crippen LogP contribution >= 0.6 is 12.8 Å². The molecule has 0 saturated heterocycles. The number of aliphatic hydroxyl groups is 1. The number of hydrogen-bond acceptors (Lipinski definition) is 4. The Morgan fingerprint density at radius 3 is 2.47 bits per heavy atom. The highest BCUT2D eigenvalue weighted by Gasteiger charge is 2.20. The van der Waals surface area contributed by atoms with E-state index < -0.39 is 0 Å². The van der Waals surface area contributed by atoms with Crippen molar-refractivity contribution in [2.24, 2.45) is 5.92 Å². The minimum absolute atomic E-state index is 0.0575. The van der Waals surface area contributed by atoms with Crippen molar-refractivity contribution < 1.29 is 9.84 Å². The number of allylic oxidation sites excluding steroid dienone is 1. The third-order valence-corrected chi connectivity index (χ3v) is 2.11. The molecular weight excluding hydrogens is 210 g/mol. The van der Waals surface area contributed by atoms with Crippen LogP contribution in [0, 0.1) is 5.92 Å². The van der Waals surface area contributed by atoms with Crippen LogP contribution in [0.3, 0.4) is 0 Å². The van der Waals surface area contributed by atoms with Gasteiger partial charge in [0, 0.05) is 0 Å². The van der Waals surface area contributed by atoms with Gasteiger partial charge in [0.25, 0.3) is 0 Å². The third kappa shape index (κ3) is 7.71. The van der Waals surface area contributed by atoms with Crippen LogP contribution in [0.1, 0.15) is 33.6 Å². The molecule has 2 N–H and O–H groups in total. The molecule has 0 aromatic rings. The summed E-state index contributed by atoms with van der Waals surface area (Å²) < 4.78 is 7.98. The molecule has 0 amide bonds. The van der Waals surface area contributed by atoms with Crippen molar-refractivity contribution in [3.63, 3.8) is 0 Å². The van der Waals surface area contributed by atoms with E-state index in [0.29, 0.717) is 0 Å². The van der Waals surface area contributed by atoms with Crippen LogP contribution in [-0.4, -0.2) is 23.9 Å². The summed E-state index contributed by atoms with van der Waals surface area (Å²) in [4.78, 5) is 0. The van der Waals surface area contributed by atoms with Gasteiger partial charge in [0.15, 0.2) is 0 Å². The van der Waals surface area contributed by atoms with Crippen LogP contribution in [0.2, 0.25) is 0 Å². The van der Waals surface area contributed by atoms with Crippen LogP contribution in [0.25, 0.3) is 0 Å². The van der Waals surface area contributed by atoms with Crippen molar-refractivity contribution in [3.05, 3.63) is 12.3 Å². The Kier molecular flexibility index (Phi) is 8.95. The largest absolute Gasteiger partial charge is 0.497 e. The van der Waals surface area contributed by atoms with E-state index in [1.807, 2.05) is 6.08 Å². The van der Waals surface area contributed by atoms with E-state index in [1.54, 1.807) is 6.26 Å². The minimum atomic E-state index is -0.0664. The van der Waals surface area contributed by atoms with Gasteiger partial charge in [-0.15, -0.1) is 0 Å². The second kappa shape index (κ2) is 9.07. The van der Waals surface area contributed by atoms with Gasteiger partial charge in [0.2, 0.25) is 0 Å². The van der Waals surface area contributed by atoms with Gasteiger partial charge >= 0.3 is 0 Å². The molecule has 4 heteroatoms. The lowest BCUT2D eigenvalue weighted by Gasteiger charge is -2.25. The van der Waals surface area contributed by atoms with Crippen LogP contribution in [0.15, 0.2) is 12.3 Å². The maximum absolute atomic E-state index is 8.86. The van der Waals surface area contributed by atoms with E-state index in [0.717, 1.165) is 18.8 Å². The Hall–Kier alpha value is -0.190. The molecule has 15 heavy (non-hydrogen) atoms. The molecule has 90 valence electrons. The van der Waals surface area contributed by atoms with Gasteiger partial charge in [0.05, 0.1) is 18.9 Å². The van der Waals surface area contributed by atoms with Gasteiger partial charge < -0.3 is 9.84 Å². The maximum Gasteiger partial charge on any atom is 0.116 e. The topological polar surface area (TPSA) is 41.5 Å². The average molecular weight is 233 g/mol. The summed E-state index contributed by atoms with van der Waals surface area (Å²) in [6.07, 6.45) is 5.67. The molecule has 1 aliphatic heterocycles. The summed E-state index contributed by atoms with van der Waals surface area (Å²) in [6, 6.07) is -0.0664. The van der Waals surface area contributed by atoms with Gasteiger partial charge in [0.1, 0.15) is 6.10 Å². The smallest absolute Gasteiger partial charge is 0.116 e. The summed E-state index contributed by atoms with van der Waals surface area (Å²) >= 11 is 3.89. The second-order valence-corrected chi connectivity index (χ2v) is 4.53. The van der Waals surface area contributed by atoms with Gasteiger partial charge in [-0.05, 0) is 24.8 Å². The molecule has 2 unspecified atom stereocenters. The molecular formula is C11H23NO2S. The molecule has 0 bridgehead atoms. The normalized spacial score (nSPS) is 21.6. The van der Waals surface area contributed by atoms with Crippen molar-refractivity contribution in [2.75, 3.05) is 6.61 Å². The lowest BCUT2D eigenvalue weighted by atomic mass is 10.1. The molecule has 2 atom stereocenters. The number of nitrogens with one attached hydrogen (secondary N) is 1. The predicted molar refractivity (Wildman–Crippen MR) is 66.8 cm³/mol. The highest BCUT2D eigenvalue weighted by Crippen LogP contribution is 2.13. The fourth-order valence-electron chi connectivity index (χ4n) is 1.09. The van der Waals surface area contributed by atoms with Crippen LogP contribution < -0.4 is 4.72 Å². The van der Waals surface area contributed by atoms with E-state index in [-0.39, 0.29) is 18.8 Å². The molecule has 3 nitrogen and oxygen atoms in total. The maximum atomic E-state index is 8.86. The van der Waals surface area contributed by atoms with Crippen molar-refractivity contribution in [1.82, 2.24) is 4.72 Å². The van der Waals surface area contributed by atoms with Gasteiger partial charge in [-0.1, -0.05) is 33.6 Å². The van der Waals surface area contributed by atoms with E-state index >= 15 is 0 Å². The van der Waals surface area contributed by atoms with E-state index in [9.17, 15) is 0 Å². The predicted octanol–water partition coefficient (Wildman–Crippen LogP) is 2.14. The molecule has 1 rings (SSSR count). The number of ether oxygens (including phenoxy) is 1. The minimum Gasteiger partial charge on any atom is -0.497 e. The van der Waals surface area contributed by atoms with Gasteiger partial charge in [-0.3, -0.25) is 4.72 Å². The lowest BCUT2D eigenvalue weighted by Crippen LogP contribution is -2.39. The number of thiol groups is 1. The molecule has 1 heterocycles. The lowest BCUT2D eigenvalue weighted by molar-refractivity contribution is 0.0698. The summed E-state index contributed by atoms with van der Waals surface area (Å²) in [5, 5.41) is 8.86. The fraction of sp³-hybridized carbons (Fsp3) is 0.818. The van der Waals surface area contributed by atoms with Crippen molar-refractivity contribution in [2.45, 2.75) is 45.8 Å². The van der Waals surface area contributed by atoms with Crippen LogP contribution in [0.5, 0.6) is 0 Å². The van der Waals surface area contributed by atoms with Crippen molar-refractivity contribution in [3.8, 4) is 0 Å². The average Bonchev–Trinajstić information content (AvgIpc) is 2.20. The standard InChI is InChI=1S/C7H13NO2S.C4H10/c9-5-6(8-11)7-3-1-2-4-10-7;1-4(2)3/h2,4,6-9,11H,1,3,5H2;4H,1-3H3. The summed E-state index contributed by atoms with van der Waals surface area (Å²) in [5.41, 5.74) is 0. The SMILES string of the molecule is CC(C)C.OCC(NS)C1CCC=CO1. The number of hydrogen-bond donors (Lipinski definition) is 3. The zero-order valence-electron chi connectivity index (χ0n) is 9.81. The fourth-order valence-corrected chi connectivity index (χ4v) is 1.34. The van der Waals surface area contributed by atoms with Crippen LogP contribution in [-0.2, 0) is 4.74 Å². The first kappa shape index (κ1) is 14.8.